The Kier molecular flexibility index (Phi) is 12.1. The first-order valence-corrected chi connectivity index (χ1v) is 13.7. The molecule has 0 aromatic heterocycles. The number of hydroxylamine groups is 1. The maximum absolute atomic E-state index is 13.7. The summed E-state index contributed by atoms with van der Waals surface area (Å²) >= 11 is 1.47. The average Bonchev–Trinajstić information content (AvgIpc) is 2.88. The number of alkyl halides is 3. The minimum absolute atomic E-state index is 0.0643. The van der Waals surface area contributed by atoms with Crippen LogP contribution >= 0.6 is 11.8 Å². The van der Waals surface area contributed by atoms with Gasteiger partial charge in [0.15, 0.2) is 5.75 Å². The van der Waals surface area contributed by atoms with Gasteiger partial charge in [-0.2, -0.15) is 18.7 Å². The van der Waals surface area contributed by atoms with E-state index in [0.717, 1.165) is 11.3 Å². The molecule has 0 aliphatic rings. The van der Waals surface area contributed by atoms with Crippen molar-refractivity contribution >= 4 is 23.1 Å². The Morgan fingerprint density at radius 1 is 1.03 bits per heavy atom. The lowest BCUT2D eigenvalue weighted by Crippen LogP contribution is -2.23. The van der Waals surface area contributed by atoms with Crippen molar-refractivity contribution in [1.29, 1.82) is 0 Å². The Hall–Kier alpha value is -3.04. The Morgan fingerprint density at radius 2 is 1.68 bits per heavy atom. The van der Waals surface area contributed by atoms with Gasteiger partial charge in [-0.1, -0.05) is 62.7 Å². The van der Waals surface area contributed by atoms with Crippen molar-refractivity contribution in [2.75, 3.05) is 31.0 Å². The van der Waals surface area contributed by atoms with Gasteiger partial charge in [-0.25, -0.2) is 0 Å². The average molecular weight is 550 g/mol. The summed E-state index contributed by atoms with van der Waals surface area (Å²) in [6, 6.07) is 17.3. The van der Waals surface area contributed by atoms with Crippen molar-refractivity contribution in [3.8, 4) is 11.5 Å². The molecule has 0 heterocycles. The van der Waals surface area contributed by atoms with E-state index in [1.165, 1.54) is 36.1 Å². The van der Waals surface area contributed by atoms with E-state index >= 15 is 0 Å². The molecule has 9 heteroatoms. The van der Waals surface area contributed by atoms with Crippen LogP contribution in [0.2, 0.25) is 0 Å². The number of ether oxygens (including phenoxy) is 1. The molecule has 0 saturated heterocycles. The van der Waals surface area contributed by atoms with Gasteiger partial charge in [0, 0.05) is 6.54 Å². The summed E-state index contributed by atoms with van der Waals surface area (Å²) in [7, 11) is 1.39. The molecule has 0 fully saturated rings. The van der Waals surface area contributed by atoms with E-state index in [4.69, 9.17) is 15.3 Å². The molecule has 208 valence electrons. The van der Waals surface area contributed by atoms with Crippen molar-refractivity contribution in [2.24, 2.45) is 0 Å². The molecule has 0 saturated carbocycles. The van der Waals surface area contributed by atoms with E-state index in [9.17, 15) is 13.2 Å². The molecule has 0 unspecified atom stereocenters. The Bertz CT molecular complexity index is 1150. The molecule has 3 aromatic carbocycles. The lowest BCUT2D eigenvalue weighted by Gasteiger charge is -2.22. The zero-order valence-electron chi connectivity index (χ0n) is 22.8. The third-order valence-corrected chi connectivity index (χ3v) is 6.50. The van der Waals surface area contributed by atoms with E-state index in [2.05, 4.69) is 55.8 Å². The number of benzene rings is 3. The minimum atomic E-state index is -4.62. The molecule has 3 aromatic rings. The van der Waals surface area contributed by atoms with Crippen LogP contribution in [0.25, 0.3) is 0 Å². The quantitative estimate of drug-likeness (QED) is 0.135. The number of anilines is 2. The Balaban J connectivity index is 0.000000423. The van der Waals surface area contributed by atoms with Gasteiger partial charge in [-0.3, -0.25) is 0 Å². The molecule has 0 radical (unpaired) electrons. The van der Waals surface area contributed by atoms with Gasteiger partial charge < -0.3 is 20.6 Å². The van der Waals surface area contributed by atoms with Crippen LogP contribution in [0.4, 0.5) is 24.5 Å². The van der Waals surface area contributed by atoms with Crippen molar-refractivity contribution in [3.05, 3.63) is 76.9 Å². The Morgan fingerprint density at radius 3 is 2.24 bits per heavy atom. The first-order valence-electron chi connectivity index (χ1n) is 12.4. The largest absolute Gasteiger partial charge is 0.494 e. The number of rotatable bonds is 10. The fraction of sp³-hybridized carbons (Fsp3) is 0.379. The van der Waals surface area contributed by atoms with E-state index < -0.39 is 11.7 Å². The van der Waals surface area contributed by atoms with Crippen LogP contribution in [0.1, 0.15) is 55.4 Å². The van der Waals surface area contributed by atoms with Crippen molar-refractivity contribution in [3.63, 3.8) is 0 Å². The molecule has 0 amide bonds. The number of nitrogen functional groups attached to an aromatic ring is 1. The number of halogens is 3. The Labute approximate surface area is 228 Å². The molecule has 0 aliphatic carbocycles. The third kappa shape index (κ3) is 8.77. The van der Waals surface area contributed by atoms with Gasteiger partial charge in [-0.15, -0.1) is 11.8 Å². The summed E-state index contributed by atoms with van der Waals surface area (Å²) < 4.78 is 46.3. The van der Waals surface area contributed by atoms with E-state index in [0.29, 0.717) is 18.2 Å². The topological polar surface area (TPSA) is 68.5 Å². The number of hydrogen-bond donors (Lipinski definition) is 3. The summed E-state index contributed by atoms with van der Waals surface area (Å²) in [6.07, 6.45) is -2.00. The molecule has 0 atom stereocenters. The number of thioether (sulfide) groups is 1. The second kappa shape index (κ2) is 14.8. The molecule has 4 N–H and O–H groups in total. The second-order valence-electron chi connectivity index (χ2n) is 8.97. The summed E-state index contributed by atoms with van der Waals surface area (Å²) in [4.78, 5) is 6.34. The van der Waals surface area contributed by atoms with Crippen LogP contribution in [-0.4, -0.2) is 19.9 Å². The summed E-state index contributed by atoms with van der Waals surface area (Å²) in [6.45, 7) is 8.72. The van der Waals surface area contributed by atoms with Crippen LogP contribution in [-0.2, 0) is 12.7 Å². The monoisotopic (exact) mass is 549 g/mol. The first-order chi connectivity index (χ1) is 18.0. The van der Waals surface area contributed by atoms with Gasteiger partial charge >= 0.3 is 6.18 Å². The summed E-state index contributed by atoms with van der Waals surface area (Å²) in [5.74, 6) is 1.44. The van der Waals surface area contributed by atoms with E-state index in [-0.39, 0.29) is 29.2 Å². The van der Waals surface area contributed by atoms with E-state index in [1.54, 1.807) is 12.1 Å². The van der Waals surface area contributed by atoms with Crippen molar-refractivity contribution < 1.29 is 22.7 Å². The summed E-state index contributed by atoms with van der Waals surface area (Å²) in [5.41, 5.74) is 10.0. The lowest BCUT2D eigenvalue weighted by atomic mass is 10.0. The molecular formula is C29H38F3N3O2S. The number of methoxy groups -OCH3 is 1. The highest BCUT2D eigenvalue weighted by atomic mass is 32.2. The number of hydrogen-bond acceptors (Lipinski definition) is 6. The SMILES string of the molecule is CCCNc1c(OC)cc(CNOc2ccccc2SC)c(C(F)(F)F)c1N.Cc1ccc(C(C)C)cc1. The molecule has 5 nitrogen and oxygen atoms in total. The predicted molar refractivity (Wildman–Crippen MR) is 152 cm³/mol. The van der Waals surface area contributed by atoms with Crippen LogP contribution in [0.15, 0.2) is 59.5 Å². The lowest BCUT2D eigenvalue weighted by molar-refractivity contribution is -0.137. The molecule has 3 rings (SSSR count). The molecular weight excluding hydrogens is 511 g/mol. The van der Waals surface area contributed by atoms with Gasteiger partial charge in [0.25, 0.3) is 0 Å². The second-order valence-corrected chi connectivity index (χ2v) is 9.81. The van der Waals surface area contributed by atoms with Crippen molar-refractivity contribution in [2.45, 2.75) is 57.7 Å². The maximum atomic E-state index is 13.7. The molecule has 0 spiro atoms. The minimum Gasteiger partial charge on any atom is -0.494 e. The zero-order valence-corrected chi connectivity index (χ0v) is 23.6. The highest BCUT2D eigenvalue weighted by Gasteiger charge is 2.38. The molecule has 38 heavy (non-hydrogen) atoms. The fourth-order valence-corrected chi connectivity index (χ4v) is 4.17. The summed E-state index contributed by atoms with van der Waals surface area (Å²) in [5, 5.41) is 2.91. The van der Waals surface area contributed by atoms with Crippen LogP contribution in [0.5, 0.6) is 11.5 Å². The highest BCUT2D eigenvalue weighted by molar-refractivity contribution is 7.98. The van der Waals surface area contributed by atoms with Crippen LogP contribution in [0, 0.1) is 6.92 Å². The van der Waals surface area contributed by atoms with Gasteiger partial charge in [-0.05, 0) is 54.8 Å². The van der Waals surface area contributed by atoms with Gasteiger partial charge in [0.1, 0.15) is 11.4 Å². The molecule has 0 bridgehead atoms. The van der Waals surface area contributed by atoms with E-state index in [1.807, 2.05) is 25.3 Å². The van der Waals surface area contributed by atoms with Crippen LogP contribution in [0.3, 0.4) is 0 Å². The highest BCUT2D eigenvalue weighted by Crippen LogP contribution is 2.44. The number of aryl methyl sites for hydroxylation is 1. The maximum Gasteiger partial charge on any atom is 0.418 e. The predicted octanol–water partition coefficient (Wildman–Crippen LogP) is 8.04. The van der Waals surface area contributed by atoms with Gasteiger partial charge in [0.05, 0.1) is 29.8 Å². The number of nitrogens with one attached hydrogen (secondary N) is 2. The standard InChI is InChI=1S/C19H24F3N3O2S.C10H14/c1-4-9-24-18-14(26-2)10-12(16(17(18)23)19(20,21)22)11-25-27-13-7-5-6-8-15(13)28-3;1-8(2)10-6-4-9(3)5-7-10/h5-8,10,24-25H,4,9,11,23H2,1-3H3;4-8H,1-3H3. The molecule has 0 aliphatic heterocycles. The smallest absolute Gasteiger partial charge is 0.418 e. The van der Waals surface area contributed by atoms with Crippen molar-refractivity contribution in [1.82, 2.24) is 5.48 Å². The number of para-hydroxylation sites is 1. The zero-order chi connectivity index (χ0) is 28.3. The normalized spacial score (nSPS) is 11.1. The van der Waals surface area contributed by atoms with Crippen LogP contribution < -0.4 is 26.1 Å². The van der Waals surface area contributed by atoms with Gasteiger partial charge in [0.2, 0.25) is 0 Å². The number of nitrogens with two attached hydrogens (primary N) is 1. The first kappa shape index (κ1) is 31.2. The third-order valence-electron chi connectivity index (χ3n) is 5.72. The fourth-order valence-electron chi connectivity index (χ4n) is 3.65.